The Balaban J connectivity index is 1.72. The number of amides is 2. The van der Waals surface area contributed by atoms with Crippen molar-refractivity contribution in [2.45, 2.75) is 37.1 Å². The Morgan fingerprint density at radius 1 is 1.35 bits per heavy atom. The highest BCUT2D eigenvalue weighted by Gasteiger charge is 2.24. The summed E-state index contributed by atoms with van der Waals surface area (Å²) in [5.41, 5.74) is 7.41. The second kappa shape index (κ2) is 7.78. The van der Waals surface area contributed by atoms with Gasteiger partial charge >= 0.3 is 0 Å². The SMILES string of the molecule is Cc1ccccc1SCC(=O)NC1CCCc2[nH]c(=O)c(C(N)=O)cc21. The maximum absolute atomic E-state index is 12.4. The summed E-state index contributed by atoms with van der Waals surface area (Å²) >= 11 is 1.49. The lowest BCUT2D eigenvalue weighted by Crippen LogP contribution is -2.34. The Kier molecular flexibility index (Phi) is 5.46. The first-order chi connectivity index (χ1) is 12.5. The van der Waals surface area contributed by atoms with E-state index in [0.717, 1.165) is 34.6 Å². The molecule has 1 aromatic carbocycles. The number of nitrogens with two attached hydrogens (primary N) is 1. The molecule has 0 aliphatic heterocycles. The molecule has 0 saturated carbocycles. The molecule has 2 amide bonds. The van der Waals surface area contributed by atoms with Crippen LogP contribution in [0.5, 0.6) is 0 Å². The van der Waals surface area contributed by atoms with Crippen LogP contribution >= 0.6 is 11.8 Å². The quantitative estimate of drug-likeness (QED) is 0.700. The molecule has 0 fully saturated rings. The number of hydrogen-bond donors (Lipinski definition) is 3. The number of carbonyl (C=O) groups excluding carboxylic acids is 2. The smallest absolute Gasteiger partial charge is 0.261 e. The maximum Gasteiger partial charge on any atom is 0.261 e. The molecule has 1 unspecified atom stereocenters. The van der Waals surface area contributed by atoms with Crippen LogP contribution in [0.15, 0.2) is 40.0 Å². The van der Waals surface area contributed by atoms with Gasteiger partial charge < -0.3 is 16.0 Å². The van der Waals surface area contributed by atoms with Crippen LogP contribution < -0.4 is 16.6 Å². The number of nitrogens with one attached hydrogen (secondary N) is 2. The van der Waals surface area contributed by atoms with Crippen LogP contribution in [0.2, 0.25) is 0 Å². The third kappa shape index (κ3) is 3.99. The molecule has 1 heterocycles. The normalized spacial score (nSPS) is 16.0. The van der Waals surface area contributed by atoms with Crippen LogP contribution in [-0.2, 0) is 11.2 Å². The van der Waals surface area contributed by atoms with Crippen molar-refractivity contribution in [3.8, 4) is 0 Å². The van der Waals surface area contributed by atoms with Gasteiger partial charge in [0.15, 0.2) is 0 Å². The fourth-order valence-electron chi connectivity index (χ4n) is 3.17. The summed E-state index contributed by atoms with van der Waals surface area (Å²) in [6, 6.07) is 9.22. The molecule has 0 spiro atoms. The van der Waals surface area contributed by atoms with E-state index in [1.54, 1.807) is 0 Å². The van der Waals surface area contributed by atoms with E-state index in [9.17, 15) is 14.4 Å². The van der Waals surface area contributed by atoms with E-state index < -0.39 is 11.5 Å². The standard InChI is InChI=1S/C19H21N3O3S/c1-11-5-2-3-8-16(11)26-10-17(23)21-14-6-4-7-15-12(14)9-13(18(20)24)19(25)22-15/h2-3,5,8-9,14H,4,6-7,10H2,1H3,(H2,20,24)(H,21,23)(H,22,25). The van der Waals surface area contributed by atoms with Gasteiger partial charge in [0.1, 0.15) is 5.56 Å². The number of carbonyl (C=O) groups is 2. The predicted octanol–water partition coefficient (Wildman–Crippen LogP) is 2.07. The summed E-state index contributed by atoms with van der Waals surface area (Å²) in [5.74, 6) is -0.536. The van der Waals surface area contributed by atoms with Gasteiger partial charge in [-0.1, -0.05) is 18.2 Å². The van der Waals surface area contributed by atoms with Crippen LogP contribution in [0.3, 0.4) is 0 Å². The molecule has 6 nitrogen and oxygen atoms in total. The van der Waals surface area contributed by atoms with Crippen LogP contribution in [0, 0.1) is 6.92 Å². The Bertz CT molecular complexity index is 907. The number of aromatic nitrogens is 1. The van der Waals surface area contributed by atoms with E-state index in [1.807, 2.05) is 31.2 Å². The van der Waals surface area contributed by atoms with E-state index in [2.05, 4.69) is 10.3 Å². The largest absolute Gasteiger partial charge is 0.365 e. The molecule has 4 N–H and O–H groups in total. The average molecular weight is 371 g/mol. The Hall–Kier alpha value is -2.54. The molecule has 0 saturated heterocycles. The van der Waals surface area contributed by atoms with Crippen molar-refractivity contribution in [1.29, 1.82) is 0 Å². The number of benzene rings is 1. The highest BCUT2D eigenvalue weighted by atomic mass is 32.2. The van der Waals surface area contributed by atoms with Gasteiger partial charge in [0.2, 0.25) is 5.91 Å². The number of primary amides is 1. The van der Waals surface area contributed by atoms with Crippen LogP contribution in [0.4, 0.5) is 0 Å². The minimum absolute atomic E-state index is 0.0702. The number of thioether (sulfide) groups is 1. The number of aryl methyl sites for hydroxylation is 2. The lowest BCUT2D eigenvalue weighted by molar-refractivity contribution is -0.119. The van der Waals surface area contributed by atoms with Crippen LogP contribution in [0.25, 0.3) is 0 Å². The molecule has 2 aromatic rings. The number of fused-ring (bicyclic) bond motifs is 1. The predicted molar refractivity (Wildman–Crippen MR) is 101 cm³/mol. The summed E-state index contributed by atoms with van der Waals surface area (Å²) in [6.45, 7) is 2.01. The minimum Gasteiger partial charge on any atom is -0.365 e. The van der Waals surface area contributed by atoms with E-state index in [0.29, 0.717) is 12.2 Å². The molecule has 1 aliphatic carbocycles. The topological polar surface area (TPSA) is 105 Å². The number of hydrogen-bond acceptors (Lipinski definition) is 4. The van der Waals surface area contributed by atoms with Gasteiger partial charge in [-0.25, -0.2) is 0 Å². The Morgan fingerprint density at radius 3 is 2.85 bits per heavy atom. The van der Waals surface area contributed by atoms with E-state index in [-0.39, 0.29) is 17.5 Å². The van der Waals surface area contributed by atoms with Crippen molar-refractivity contribution >= 4 is 23.6 Å². The summed E-state index contributed by atoms with van der Waals surface area (Å²) in [4.78, 5) is 39.6. The first kappa shape index (κ1) is 18.3. The second-order valence-electron chi connectivity index (χ2n) is 6.38. The zero-order valence-corrected chi connectivity index (χ0v) is 15.3. The molecule has 0 radical (unpaired) electrons. The van der Waals surface area contributed by atoms with Gasteiger partial charge in [-0.15, -0.1) is 11.8 Å². The second-order valence-corrected chi connectivity index (χ2v) is 7.39. The molecular weight excluding hydrogens is 350 g/mol. The number of pyridine rings is 1. The van der Waals surface area contributed by atoms with Gasteiger partial charge in [-0.3, -0.25) is 14.4 Å². The first-order valence-electron chi connectivity index (χ1n) is 8.49. The zero-order valence-electron chi connectivity index (χ0n) is 14.5. The number of H-pyrrole nitrogens is 1. The highest BCUT2D eigenvalue weighted by molar-refractivity contribution is 8.00. The third-order valence-electron chi connectivity index (χ3n) is 4.51. The van der Waals surface area contributed by atoms with Crippen molar-refractivity contribution in [2.24, 2.45) is 5.73 Å². The van der Waals surface area contributed by atoms with Crippen LogP contribution in [-0.4, -0.2) is 22.6 Å². The monoisotopic (exact) mass is 371 g/mol. The summed E-state index contributed by atoms with van der Waals surface area (Å²) in [7, 11) is 0. The molecular formula is C19H21N3O3S. The van der Waals surface area contributed by atoms with Crippen molar-refractivity contribution in [2.75, 3.05) is 5.75 Å². The van der Waals surface area contributed by atoms with Crippen molar-refractivity contribution in [1.82, 2.24) is 10.3 Å². The molecule has 1 atom stereocenters. The molecule has 7 heteroatoms. The zero-order chi connectivity index (χ0) is 18.7. The maximum atomic E-state index is 12.4. The van der Waals surface area contributed by atoms with Gasteiger partial charge in [-0.05, 0) is 49.4 Å². The van der Waals surface area contributed by atoms with Crippen molar-refractivity contribution in [3.63, 3.8) is 0 Å². The molecule has 136 valence electrons. The molecule has 1 aliphatic rings. The van der Waals surface area contributed by atoms with Crippen molar-refractivity contribution < 1.29 is 9.59 Å². The minimum atomic E-state index is -0.764. The van der Waals surface area contributed by atoms with Gasteiger partial charge in [0.05, 0.1) is 11.8 Å². The van der Waals surface area contributed by atoms with E-state index >= 15 is 0 Å². The lowest BCUT2D eigenvalue weighted by Gasteiger charge is -2.26. The Morgan fingerprint density at radius 2 is 2.12 bits per heavy atom. The number of aromatic amines is 1. The molecule has 1 aromatic heterocycles. The summed E-state index contributed by atoms with van der Waals surface area (Å²) < 4.78 is 0. The first-order valence-corrected chi connectivity index (χ1v) is 9.48. The average Bonchev–Trinajstić information content (AvgIpc) is 2.60. The number of rotatable bonds is 5. The van der Waals surface area contributed by atoms with Gasteiger partial charge in [0, 0.05) is 10.6 Å². The Labute approximate surface area is 155 Å². The van der Waals surface area contributed by atoms with E-state index in [1.165, 1.54) is 17.8 Å². The van der Waals surface area contributed by atoms with Crippen molar-refractivity contribution in [3.05, 3.63) is 63.1 Å². The fourth-order valence-corrected chi connectivity index (χ4v) is 4.01. The highest BCUT2D eigenvalue weighted by Crippen LogP contribution is 2.29. The van der Waals surface area contributed by atoms with Crippen LogP contribution in [0.1, 0.15) is 46.1 Å². The lowest BCUT2D eigenvalue weighted by atomic mass is 9.90. The third-order valence-corrected chi connectivity index (χ3v) is 5.68. The summed E-state index contributed by atoms with van der Waals surface area (Å²) in [6.07, 6.45) is 2.33. The molecule has 26 heavy (non-hydrogen) atoms. The summed E-state index contributed by atoms with van der Waals surface area (Å²) in [5, 5.41) is 3.02. The molecule has 3 rings (SSSR count). The molecule has 0 bridgehead atoms. The van der Waals surface area contributed by atoms with E-state index in [4.69, 9.17) is 5.73 Å². The van der Waals surface area contributed by atoms with Gasteiger partial charge in [-0.2, -0.15) is 0 Å². The fraction of sp³-hybridized carbons (Fsp3) is 0.316. The van der Waals surface area contributed by atoms with Gasteiger partial charge in [0.25, 0.3) is 11.5 Å².